The minimum atomic E-state index is -0.335. The molecule has 0 radical (unpaired) electrons. The van der Waals surface area contributed by atoms with Gasteiger partial charge in [0, 0.05) is 13.0 Å². The summed E-state index contributed by atoms with van der Waals surface area (Å²) < 4.78 is 5.69. The second-order valence-electron chi connectivity index (χ2n) is 6.67. The van der Waals surface area contributed by atoms with Gasteiger partial charge in [0.05, 0.1) is 28.9 Å². The summed E-state index contributed by atoms with van der Waals surface area (Å²) in [7, 11) is 0. The molecule has 0 atom stereocenters. The van der Waals surface area contributed by atoms with Crippen LogP contribution in [0.4, 0.5) is 5.69 Å². The molecule has 0 fully saturated rings. The van der Waals surface area contributed by atoms with Crippen LogP contribution in [0.2, 0.25) is 10.0 Å². The van der Waals surface area contributed by atoms with E-state index in [4.69, 9.17) is 27.9 Å². The average Bonchev–Trinajstić information content (AvgIpc) is 2.68. The number of rotatable bonds is 10. The van der Waals surface area contributed by atoms with Crippen LogP contribution < -0.4 is 10.1 Å². The van der Waals surface area contributed by atoms with Crippen molar-refractivity contribution in [2.45, 2.75) is 33.1 Å². The zero-order valence-electron chi connectivity index (χ0n) is 16.7. The summed E-state index contributed by atoms with van der Waals surface area (Å²) in [6, 6.07) is 12.9. The number of ether oxygens (including phenoxy) is 1. The van der Waals surface area contributed by atoms with Gasteiger partial charge in [-0.3, -0.25) is 9.59 Å². The van der Waals surface area contributed by atoms with Crippen molar-refractivity contribution in [3.05, 3.63) is 58.1 Å². The van der Waals surface area contributed by atoms with Crippen LogP contribution in [0.5, 0.6) is 5.75 Å². The number of benzene rings is 2. The van der Waals surface area contributed by atoms with E-state index in [1.807, 2.05) is 38.1 Å². The number of para-hydroxylation sites is 1. The normalized spacial score (nSPS) is 10.5. The van der Waals surface area contributed by atoms with Gasteiger partial charge in [0.25, 0.3) is 0 Å². The molecule has 0 heterocycles. The van der Waals surface area contributed by atoms with E-state index < -0.39 is 0 Å². The molecule has 29 heavy (non-hydrogen) atoms. The molecule has 0 aliphatic rings. The zero-order valence-corrected chi connectivity index (χ0v) is 18.2. The summed E-state index contributed by atoms with van der Waals surface area (Å²) >= 11 is 12.1. The van der Waals surface area contributed by atoms with Crippen LogP contribution >= 0.6 is 23.2 Å². The minimum absolute atomic E-state index is 0.0450. The molecule has 0 aromatic heterocycles. The summed E-state index contributed by atoms with van der Waals surface area (Å²) in [5.74, 6) is 0.433. The quantitative estimate of drug-likeness (QED) is 0.511. The topological polar surface area (TPSA) is 58.6 Å². The monoisotopic (exact) mass is 436 g/mol. The maximum atomic E-state index is 12.4. The molecule has 1 N–H and O–H groups in total. The van der Waals surface area contributed by atoms with Gasteiger partial charge >= 0.3 is 0 Å². The summed E-state index contributed by atoms with van der Waals surface area (Å²) in [6.45, 7) is 4.81. The smallest absolute Gasteiger partial charge is 0.244 e. The predicted octanol–water partition coefficient (Wildman–Crippen LogP) is 5.34. The van der Waals surface area contributed by atoms with E-state index in [1.165, 1.54) is 4.90 Å². The van der Waals surface area contributed by atoms with Crippen LogP contribution in [0.25, 0.3) is 0 Å². The first-order chi connectivity index (χ1) is 13.9. The first-order valence-corrected chi connectivity index (χ1v) is 10.4. The standard InChI is InChI=1S/C22H26Cl2N2O3/c1-3-26(15-20(27)25-22-18(23)10-7-11-19(22)24)21(28)12-4-5-13-29-17-9-6-8-16(2)14-17/h6-11,14H,3-5,12-13,15H2,1-2H3,(H,25,27). The van der Waals surface area contributed by atoms with Crippen molar-refractivity contribution in [3.63, 3.8) is 0 Å². The molecule has 156 valence electrons. The number of carbonyl (C=O) groups is 2. The predicted molar refractivity (Wildman–Crippen MR) is 118 cm³/mol. The van der Waals surface area contributed by atoms with Crippen molar-refractivity contribution in [2.75, 3.05) is 25.0 Å². The first-order valence-electron chi connectivity index (χ1n) is 9.61. The molecule has 0 unspecified atom stereocenters. The average molecular weight is 437 g/mol. The Labute approximate surface area is 181 Å². The van der Waals surface area contributed by atoms with Crippen molar-refractivity contribution in [3.8, 4) is 5.75 Å². The fourth-order valence-corrected chi connectivity index (χ4v) is 3.27. The van der Waals surface area contributed by atoms with Crippen LogP contribution in [-0.2, 0) is 9.59 Å². The van der Waals surface area contributed by atoms with Gasteiger partial charge in [0.1, 0.15) is 5.75 Å². The Morgan fingerprint density at radius 1 is 1.07 bits per heavy atom. The number of anilines is 1. The molecular formula is C22H26Cl2N2O3. The Morgan fingerprint density at radius 2 is 1.76 bits per heavy atom. The number of hydrogen-bond donors (Lipinski definition) is 1. The van der Waals surface area contributed by atoms with Gasteiger partial charge in [-0.25, -0.2) is 0 Å². The molecule has 0 aliphatic carbocycles. The number of carbonyl (C=O) groups excluding carboxylic acids is 2. The van der Waals surface area contributed by atoms with Crippen molar-refractivity contribution >= 4 is 40.7 Å². The highest BCUT2D eigenvalue weighted by Gasteiger charge is 2.17. The lowest BCUT2D eigenvalue weighted by molar-refractivity contribution is -0.134. The molecule has 0 saturated carbocycles. The maximum Gasteiger partial charge on any atom is 0.244 e. The van der Waals surface area contributed by atoms with Crippen molar-refractivity contribution < 1.29 is 14.3 Å². The lowest BCUT2D eigenvalue weighted by Gasteiger charge is -2.21. The van der Waals surface area contributed by atoms with Crippen LogP contribution in [0.1, 0.15) is 31.7 Å². The van der Waals surface area contributed by atoms with Crippen LogP contribution in [0.3, 0.4) is 0 Å². The van der Waals surface area contributed by atoms with E-state index in [0.717, 1.165) is 17.7 Å². The highest BCUT2D eigenvalue weighted by molar-refractivity contribution is 6.39. The Kier molecular flexibility index (Phi) is 9.29. The van der Waals surface area contributed by atoms with Gasteiger partial charge < -0.3 is 15.0 Å². The first kappa shape index (κ1) is 23.0. The molecule has 0 bridgehead atoms. The Hall–Kier alpha value is -2.24. The van der Waals surface area contributed by atoms with E-state index in [9.17, 15) is 9.59 Å². The molecule has 5 nitrogen and oxygen atoms in total. The van der Waals surface area contributed by atoms with Gasteiger partial charge in [-0.15, -0.1) is 0 Å². The third-order valence-electron chi connectivity index (χ3n) is 4.34. The number of likely N-dealkylation sites (N-methyl/N-ethyl adjacent to an activating group) is 1. The van der Waals surface area contributed by atoms with E-state index in [0.29, 0.717) is 41.7 Å². The number of nitrogens with zero attached hydrogens (tertiary/aromatic N) is 1. The van der Waals surface area contributed by atoms with Crippen LogP contribution in [-0.4, -0.2) is 36.4 Å². The molecule has 2 rings (SSSR count). The Morgan fingerprint density at radius 3 is 2.41 bits per heavy atom. The van der Waals surface area contributed by atoms with Gasteiger partial charge in [0.2, 0.25) is 11.8 Å². The SMILES string of the molecule is CCN(CC(=O)Nc1c(Cl)cccc1Cl)C(=O)CCCCOc1cccc(C)c1. The van der Waals surface area contributed by atoms with Crippen molar-refractivity contribution in [2.24, 2.45) is 0 Å². The lowest BCUT2D eigenvalue weighted by atomic mass is 10.2. The number of amides is 2. The molecule has 0 saturated heterocycles. The molecule has 0 aliphatic heterocycles. The lowest BCUT2D eigenvalue weighted by Crippen LogP contribution is -2.37. The number of halogens is 2. The number of aryl methyl sites for hydroxylation is 1. The second-order valence-corrected chi connectivity index (χ2v) is 7.49. The van der Waals surface area contributed by atoms with Crippen molar-refractivity contribution in [1.82, 2.24) is 4.90 Å². The van der Waals surface area contributed by atoms with Crippen LogP contribution in [0, 0.1) is 6.92 Å². The summed E-state index contributed by atoms with van der Waals surface area (Å²) in [5.41, 5.74) is 1.50. The molecule has 2 aromatic rings. The third-order valence-corrected chi connectivity index (χ3v) is 4.97. The van der Waals surface area contributed by atoms with Gasteiger partial charge in [-0.05, 0) is 56.5 Å². The van der Waals surface area contributed by atoms with Gasteiger partial charge in [-0.1, -0.05) is 41.4 Å². The van der Waals surface area contributed by atoms with Crippen LogP contribution in [0.15, 0.2) is 42.5 Å². The maximum absolute atomic E-state index is 12.4. The van der Waals surface area contributed by atoms with E-state index in [-0.39, 0.29) is 18.4 Å². The Balaban J connectivity index is 1.74. The largest absolute Gasteiger partial charge is 0.494 e. The molecule has 2 aromatic carbocycles. The number of hydrogen-bond acceptors (Lipinski definition) is 3. The second kappa shape index (κ2) is 11.7. The van der Waals surface area contributed by atoms with E-state index >= 15 is 0 Å². The Bertz CT molecular complexity index is 822. The van der Waals surface area contributed by atoms with Crippen molar-refractivity contribution in [1.29, 1.82) is 0 Å². The number of nitrogens with one attached hydrogen (secondary N) is 1. The summed E-state index contributed by atoms with van der Waals surface area (Å²) in [4.78, 5) is 26.3. The molecular weight excluding hydrogens is 411 g/mol. The van der Waals surface area contributed by atoms with E-state index in [2.05, 4.69) is 5.32 Å². The van der Waals surface area contributed by atoms with Gasteiger partial charge in [0.15, 0.2) is 0 Å². The molecule has 0 spiro atoms. The fraction of sp³-hybridized carbons (Fsp3) is 0.364. The van der Waals surface area contributed by atoms with E-state index in [1.54, 1.807) is 18.2 Å². The summed E-state index contributed by atoms with van der Waals surface area (Å²) in [6.07, 6.45) is 1.82. The fourth-order valence-electron chi connectivity index (χ4n) is 2.78. The van der Waals surface area contributed by atoms with Gasteiger partial charge in [-0.2, -0.15) is 0 Å². The zero-order chi connectivity index (χ0) is 21.2. The molecule has 2 amide bonds. The highest BCUT2D eigenvalue weighted by atomic mass is 35.5. The molecule has 7 heteroatoms. The summed E-state index contributed by atoms with van der Waals surface area (Å²) in [5, 5.41) is 3.39. The number of unbranched alkanes of at least 4 members (excludes halogenated alkanes) is 1. The highest BCUT2D eigenvalue weighted by Crippen LogP contribution is 2.29. The minimum Gasteiger partial charge on any atom is -0.494 e. The third kappa shape index (κ3) is 7.59.